The van der Waals surface area contributed by atoms with E-state index in [1.807, 2.05) is 63.9 Å². The number of hydrogen-bond donors (Lipinski definition) is 1. The molecule has 0 saturated carbocycles. The highest BCUT2D eigenvalue weighted by Gasteiger charge is 2.54. The minimum Gasteiger partial charge on any atom is -0.444 e. The molecule has 4 rings (SSSR count). The summed E-state index contributed by atoms with van der Waals surface area (Å²) in [6.07, 6.45) is 3.05. The molecule has 2 saturated heterocycles. The number of piperazine rings is 1. The van der Waals surface area contributed by atoms with E-state index in [0.717, 1.165) is 18.7 Å². The van der Waals surface area contributed by atoms with Gasteiger partial charge in [-0.2, -0.15) is 0 Å². The van der Waals surface area contributed by atoms with Crippen LogP contribution in [0.3, 0.4) is 0 Å². The topological polar surface area (TPSA) is 97.4 Å². The lowest BCUT2D eigenvalue weighted by Gasteiger charge is -2.35. The van der Waals surface area contributed by atoms with E-state index in [0.29, 0.717) is 25.3 Å². The van der Waals surface area contributed by atoms with Gasteiger partial charge in [-0.15, -0.1) is 0 Å². The van der Waals surface area contributed by atoms with Crippen molar-refractivity contribution in [3.05, 3.63) is 42.0 Å². The molecule has 0 spiro atoms. The van der Waals surface area contributed by atoms with E-state index < -0.39 is 35.6 Å². The number of ether oxygens (including phenoxy) is 3. The SMILES string of the molecule is CC(Cc1ccc(OC(=O)C2C(C(=O)N3CCN(C)CC3)[C@@H]3C=C[C@H]2O3)cc1)NC(=O)OC(C)(C)C. The van der Waals surface area contributed by atoms with Gasteiger partial charge in [-0.25, -0.2) is 4.79 Å². The Morgan fingerprint density at radius 2 is 1.64 bits per heavy atom. The molecule has 1 aromatic carbocycles. The minimum absolute atomic E-state index is 0.0382. The molecule has 2 amide bonds. The van der Waals surface area contributed by atoms with Gasteiger partial charge in [0.1, 0.15) is 17.3 Å². The van der Waals surface area contributed by atoms with Crippen LogP contribution in [0.5, 0.6) is 5.75 Å². The molecule has 5 atom stereocenters. The van der Waals surface area contributed by atoms with E-state index in [2.05, 4.69) is 10.2 Å². The van der Waals surface area contributed by atoms with Crippen molar-refractivity contribution in [2.75, 3.05) is 33.2 Å². The number of benzene rings is 1. The zero-order valence-corrected chi connectivity index (χ0v) is 21.7. The minimum atomic E-state index is -0.662. The molecule has 9 nitrogen and oxygen atoms in total. The summed E-state index contributed by atoms with van der Waals surface area (Å²) in [5.74, 6) is -1.30. The van der Waals surface area contributed by atoms with E-state index in [-0.39, 0.29) is 18.1 Å². The van der Waals surface area contributed by atoms with E-state index in [4.69, 9.17) is 14.2 Å². The number of nitrogens with zero attached hydrogens (tertiary/aromatic N) is 2. The molecule has 0 radical (unpaired) electrons. The fraction of sp³-hybridized carbons (Fsp3) is 0.593. The van der Waals surface area contributed by atoms with Gasteiger partial charge in [0.05, 0.1) is 18.1 Å². The van der Waals surface area contributed by atoms with Gasteiger partial charge in [0, 0.05) is 32.2 Å². The molecule has 0 aromatic heterocycles. The standard InChI is InChI=1S/C27H37N3O6/c1-17(28-26(33)36-27(2,3)4)16-18-6-8-19(9-7-18)34-25(32)23-21-11-10-20(35-21)22(23)24(31)30-14-12-29(5)13-15-30/h6-11,17,20-23H,12-16H2,1-5H3,(H,28,33)/t17?,20-,21+,22?,23?/m0/s1. The first-order valence-electron chi connectivity index (χ1n) is 12.6. The number of rotatable bonds is 6. The second-order valence-electron chi connectivity index (χ2n) is 10.9. The van der Waals surface area contributed by atoms with Crippen LogP contribution in [0.4, 0.5) is 4.79 Å². The lowest BCUT2D eigenvalue weighted by Crippen LogP contribution is -2.52. The normalized spacial score (nSPS) is 26.5. The van der Waals surface area contributed by atoms with Crippen molar-refractivity contribution >= 4 is 18.0 Å². The van der Waals surface area contributed by atoms with Crippen molar-refractivity contribution in [2.45, 2.75) is 58.0 Å². The van der Waals surface area contributed by atoms with Gasteiger partial charge in [0.2, 0.25) is 5.91 Å². The number of esters is 1. The summed E-state index contributed by atoms with van der Waals surface area (Å²) < 4.78 is 16.9. The number of carbonyl (C=O) groups is 3. The van der Waals surface area contributed by atoms with Crippen molar-refractivity contribution in [3.63, 3.8) is 0 Å². The Hall–Kier alpha value is -2.91. The zero-order valence-electron chi connectivity index (χ0n) is 21.7. The molecule has 0 aliphatic carbocycles. The molecule has 2 bridgehead atoms. The number of fused-ring (bicyclic) bond motifs is 2. The highest BCUT2D eigenvalue weighted by atomic mass is 16.6. The second-order valence-corrected chi connectivity index (χ2v) is 10.9. The average Bonchev–Trinajstić information content (AvgIpc) is 3.41. The molecular formula is C27H37N3O6. The van der Waals surface area contributed by atoms with Gasteiger partial charge >= 0.3 is 12.1 Å². The van der Waals surface area contributed by atoms with Crippen LogP contribution in [-0.4, -0.2) is 84.8 Å². The van der Waals surface area contributed by atoms with Crippen LogP contribution >= 0.6 is 0 Å². The lowest BCUT2D eigenvalue weighted by molar-refractivity contribution is -0.148. The Morgan fingerprint density at radius 3 is 2.25 bits per heavy atom. The smallest absolute Gasteiger partial charge is 0.407 e. The molecule has 196 valence electrons. The number of hydrogen-bond acceptors (Lipinski definition) is 7. The maximum atomic E-state index is 13.3. The van der Waals surface area contributed by atoms with Crippen LogP contribution < -0.4 is 10.1 Å². The summed E-state index contributed by atoms with van der Waals surface area (Å²) in [5, 5.41) is 2.82. The first-order chi connectivity index (χ1) is 17.0. The number of nitrogens with one attached hydrogen (secondary N) is 1. The number of likely N-dealkylation sites (N-methyl/N-ethyl adjacent to an activating group) is 1. The van der Waals surface area contributed by atoms with Gasteiger partial charge in [-0.3, -0.25) is 9.59 Å². The maximum absolute atomic E-state index is 13.3. The van der Waals surface area contributed by atoms with Gasteiger partial charge in [0.25, 0.3) is 0 Å². The molecule has 2 fully saturated rings. The molecule has 3 heterocycles. The summed E-state index contributed by atoms with van der Waals surface area (Å²) in [6, 6.07) is 7.05. The molecular weight excluding hydrogens is 462 g/mol. The van der Waals surface area contributed by atoms with Gasteiger partial charge < -0.3 is 29.3 Å². The van der Waals surface area contributed by atoms with Crippen LogP contribution in [0.1, 0.15) is 33.3 Å². The van der Waals surface area contributed by atoms with E-state index in [1.165, 1.54) is 0 Å². The van der Waals surface area contributed by atoms with Crippen molar-refractivity contribution in [2.24, 2.45) is 11.8 Å². The van der Waals surface area contributed by atoms with E-state index in [9.17, 15) is 14.4 Å². The fourth-order valence-electron chi connectivity index (χ4n) is 4.91. The fourth-order valence-corrected chi connectivity index (χ4v) is 4.91. The van der Waals surface area contributed by atoms with Crippen molar-refractivity contribution in [1.82, 2.24) is 15.1 Å². The highest BCUT2D eigenvalue weighted by Crippen LogP contribution is 2.41. The first-order valence-corrected chi connectivity index (χ1v) is 12.6. The molecule has 1 aromatic rings. The van der Waals surface area contributed by atoms with E-state index in [1.54, 1.807) is 12.1 Å². The Kier molecular flexibility index (Phi) is 7.70. The summed E-state index contributed by atoms with van der Waals surface area (Å²) in [6.45, 7) is 10.3. The van der Waals surface area contributed by atoms with Crippen LogP contribution in [0.25, 0.3) is 0 Å². The third kappa shape index (κ3) is 6.25. The predicted octanol–water partition coefficient (Wildman–Crippen LogP) is 2.39. The van der Waals surface area contributed by atoms with Crippen LogP contribution in [0.2, 0.25) is 0 Å². The van der Waals surface area contributed by atoms with Gasteiger partial charge in [-0.1, -0.05) is 24.3 Å². The van der Waals surface area contributed by atoms with Crippen molar-refractivity contribution < 1.29 is 28.6 Å². The third-order valence-electron chi connectivity index (χ3n) is 6.72. The Balaban J connectivity index is 1.34. The number of carbonyl (C=O) groups excluding carboxylic acids is 3. The first kappa shape index (κ1) is 26.2. The van der Waals surface area contributed by atoms with E-state index >= 15 is 0 Å². The summed E-state index contributed by atoms with van der Waals surface area (Å²) in [7, 11) is 2.04. The Morgan fingerprint density at radius 1 is 1.03 bits per heavy atom. The second kappa shape index (κ2) is 10.6. The molecule has 9 heteroatoms. The largest absolute Gasteiger partial charge is 0.444 e. The van der Waals surface area contributed by atoms with Crippen LogP contribution in [0, 0.1) is 11.8 Å². The quantitative estimate of drug-likeness (QED) is 0.365. The zero-order chi connectivity index (χ0) is 26.0. The predicted molar refractivity (Wildman–Crippen MR) is 133 cm³/mol. The summed E-state index contributed by atoms with van der Waals surface area (Å²) in [4.78, 5) is 42.5. The Labute approximate surface area is 212 Å². The highest BCUT2D eigenvalue weighted by molar-refractivity contribution is 5.89. The molecule has 1 N–H and O–H groups in total. The average molecular weight is 500 g/mol. The maximum Gasteiger partial charge on any atom is 0.407 e. The monoisotopic (exact) mass is 499 g/mol. The number of amides is 2. The van der Waals surface area contributed by atoms with Gasteiger partial charge in [0.15, 0.2) is 0 Å². The Bertz CT molecular complexity index is 994. The van der Waals surface area contributed by atoms with Crippen LogP contribution in [0.15, 0.2) is 36.4 Å². The van der Waals surface area contributed by atoms with Crippen molar-refractivity contribution in [1.29, 1.82) is 0 Å². The lowest BCUT2D eigenvalue weighted by atomic mass is 9.82. The molecule has 3 aliphatic rings. The third-order valence-corrected chi connectivity index (χ3v) is 6.72. The van der Waals surface area contributed by atoms with Crippen molar-refractivity contribution in [3.8, 4) is 5.75 Å². The van der Waals surface area contributed by atoms with Crippen LogP contribution in [-0.2, 0) is 25.5 Å². The summed E-state index contributed by atoms with van der Waals surface area (Å²) in [5.41, 5.74) is 0.427. The number of alkyl carbamates (subject to hydrolysis) is 1. The summed E-state index contributed by atoms with van der Waals surface area (Å²) >= 11 is 0. The molecule has 36 heavy (non-hydrogen) atoms. The molecule has 3 aliphatic heterocycles. The van der Waals surface area contributed by atoms with Gasteiger partial charge in [-0.05, 0) is 58.9 Å². The molecule has 3 unspecified atom stereocenters.